The van der Waals surface area contributed by atoms with Gasteiger partial charge in [-0.05, 0) is 26.0 Å². The minimum atomic E-state index is 0.630. The van der Waals surface area contributed by atoms with Gasteiger partial charge in [0.2, 0.25) is 0 Å². The van der Waals surface area contributed by atoms with Crippen LogP contribution in [0.2, 0.25) is 0 Å². The van der Waals surface area contributed by atoms with Crippen molar-refractivity contribution in [3.63, 3.8) is 0 Å². The minimum absolute atomic E-state index is 0.630. The highest BCUT2D eigenvalue weighted by molar-refractivity contribution is 7.11. The van der Waals surface area contributed by atoms with E-state index in [0.717, 1.165) is 38.5 Å². The van der Waals surface area contributed by atoms with E-state index in [1.165, 1.54) is 15.4 Å². The molecule has 4 nitrogen and oxygen atoms in total. The van der Waals surface area contributed by atoms with Crippen LogP contribution in [0.1, 0.15) is 28.1 Å². The lowest BCUT2D eigenvalue weighted by atomic mass is 10.2. The van der Waals surface area contributed by atoms with Gasteiger partial charge in [-0.2, -0.15) is 0 Å². The molecule has 0 aromatic carbocycles. The van der Waals surface area contributed by atoms with E-state index in [1.54, 1.807) is 0 Å². The van der Waals surface area contributed by atoms with Gasteiger partial charge in [0, 0.05) is 42.5 Å². The summed E-state index contributed by atoms with van der Waals surface area (Å²) in [6, 6.07) is 4.45. The standard InChI is InChI=1S/C15H21N3OS/c1-3-19-10-14-15-9-17(6-7-18(15)11-16-14)8-13-5-4-12(2)20-13/h4-5,11H,3,6-10H2,1-2H3. The van der Waals surface area contributed by atoms with E-state index in [4.69, 9.17) is 4.74 Å². The van der Waals surface area contributed by atoms with Crippen molar-refractivity contribution < 1.29 is 4.74 Å². The Morgan fingerprint density at radius 2 is 2.25 bits per heavy atom. The van der Waals surface area contributed by atoms with Crippen LogP contribution in [0.25, 0.3) is 0 Å². The highest BCUT2D eigenvalue weighted by Gasteiger charge is 2.20. The first kappa shape index (κ1) is 13.8. The van der Waals surface area contributed by atoms with E-state index in [0.29, 0.717) is 6.61 Å². The number of nitrogens with zero attached hydrogens (tertiary/aromatic N) is 3. The third kappa shape index (κ3) is 2.95. The molecule has 1 aliphatic rings. The van der Waals surface area contributed by atoms with Gasteiger partial charge >= 0.3 is 0 Å². The van der Waals surface area contributed by atoms with Crippen LogP contribution in [-0.2, 0) is 31.0 Å². The zero-order valence-electron chi connectivity index (χ0n) is 12.1. The number of aryl methyl sites for hydroxylation is 1. The highest BCUT2D eigenvalue weighted by atomic mass is 32.1. The van der Waals surface area contributed by atoms with Crippen LogP contribution in [-0.4, -0.2) is 27.6 Å². The summed E-state index contributed by atoms with van der Waals surface area (Å²) in [6.45, 7) is 9.69. The first-order valence-corrected chi connectivity index (χ1v) is 7.96. The molecule has 3 heterocycles. The second-order valence-electron chi connectivity index (χ2n) is 5.19. The summed E-state index contributed by atoms with van der Waals surface area (Å²) in [6.07, 6.45) is 1.95. The lowest BCUT2D eigenvalue weighted by Crippen LogP contribution is -2.33. The number of imidazole rings is 1. The van der Waals surface area contributed by atoms with Crippen molar-refractivity contribution in [1.29, 1.82) is 0 Å². The molecule has 108 valence electrons. The minimum Gasteiger partial charge on any atom is -0.375 e. The maximum absolute atomic E-state index is 5.51. The Morgan fingerprint density at radius 3 is 3.00 bits per heavy atom. The van der Waals surface area contributed by atoms with Crippen molar-refractivity contribution in [1.82, 2.24) is 14.5 Å². The summed E-state index contributed by atoms with van der Waals surface area (Å²) in [4.78, 5) is 9.83. The molecule has 0 spiro atoms. The molecule has 0 radical (unpaired) electrons. The molecule has 0 saturated carbocycles. The molecule has 0 aliphatic carbocycles. The molecule has 0 saturated heterocycles. The summed E-state index contributed by atoms with van der Waals surface area (Å²) in [5.41, 5.74) is 2.41. The fourth-order valence-corrected chi connectivity index (χ4v) is 3.54. The van der Waals surface area contributed by atoms with Crippen LogP contribution >= 0.6 is 11.3 Å². The molecule has 0 unspecified atom stereocenters. The highest BCUT2D eigenvalue weighted by Crippen LogP contribution is 2.22. The smallest absolute Gasteiger partial charge is 0.0953 e. The van der Waals surface area contributed by atoms with E-state index in [9.17, 15) is 0 Å². The molecule has 0 fully saturated rings. The predicted molar refractivity (Wildman–Crippen MR) is 80.7 cm³/mol. The van der Waals surface area contributed by atoms with Crippen LogP contribution < -0.4 is 0 Å². The molecular formula is C15H21N3OS. The van der Waals surface area contributed by atoms with Crippen LogP contribution in [0.5, 0.6) is 0 Å². The Bertz CT molecular complexity index is 575. The lowest BCUT2D eigenvalue weighted by Gasteiger charge is -2.28. The van der Waals surface area contributed by atoms with Gasteiger partial charge < -0.3 is 9.30 Å². The molecule has 0 N–H and O–H groups in total. The van der Waals surface area contributed by atoms with Crippen molar-refractivity contribution in [2.24, 2.45) is 0 Å². The van der Waals surface area contributed by atoms with Crippen LogP contribution in [0.3, 0.4) is 0 Å². The van der Waals surface area contributed by atoms with Crippen molar-refractivity contribution in [3.8, 4) is 0 Å². The maximum Gasteiger partial charge on any atom is 0.0953 e. The molecule has 0 atom stereocenters. The van der Waals surface area contributed by atoms with E-state index < -0.39 is 0 Å². The number of hydrogen-bond donors (Lipinski definition) is 0. The Balaban J connectivity index is 1.68. The van der Waals surface area contributed by atoms with Crippen LogP contribution in [0, 0.1) is 6.92 Å². The topological polar surface area (TPSA) is 30.3 Å². The van der Waals surface area contributed by atoms with Gasteiger partial charge in [-0.15, -0.1) is 11.3 Å². The van der Waals surface area contributed by atoms with E-state index in [2.05, 4.69) is 33.5 Å². The summed E-state index contributed by atoms with van der Waals surface area (Å²) < 4.78 is 7.78. The Morgan fingerprint density at radius 1 is 1.35 bits per heavy atom. The number of hydrogen-bond acceptors (Lipinski definition) is 4. The third-order valence-corrected chi connectivity index (χ3v) is 4.67. The Labute approximate surface area is 124 Å². The fraction of sp³-hybridized carbons (Fsp3) is 0.533. The number of rotatable bonds is 5. The molecule has 0 bridgehead atoms. The molecule has 2 aromatic rings. The van der Waals surface area contributed by atoms with Crippen molar-refractivity contribution in [3.05, 3.63) is 39.6 Å². The summed E-state index contributed by atoms with van der Waals surface area (Å²) >= 11 is 1.89. The van der Waals surface area contributed by atoms with Gasteiger partial charge in [0.1, 0.15) is 0 Å². The summed E-state index contributed by atoms with van der Waals surface area (Å²) in [7, 11) is 0. The van der Waals surface area contributed by atoms with E-state index >= 15 is 0 Å². The zero-order chi connectivity index (χ0) is 13.9. The normalized spacial score (nSPS) is 15.5. The monoisotopic (exact) mass is 291 g/mol. The van der Waals surface area contributed by atoms with E-state index in [1.807, 2.05) is 24.6 Å². The summed E-state index contributed by atoms with van der Waals surface area (Å²) in [5.74, 6) is 0. The maximum atomic E-state index is 5.51. The van der Waals surface area contributed by atoms with Crippen molar-refractivity contribution in [2.45, 2.75) is 40.1 Å². The van der Waals surface area contributed by atoms with Crippen molar-refractivity contribution in [2.75, 3.05) is 13.2 Å². The van der Waals surface area contributed by atoms with Crippen LogP contribution in [0.4, 0.5) is 0 Å². The first-order chi connectivity index (χ1) is 9.76. The number of fused-ring (bicyclic) bond motifs is 1. The average molecular weight is 291 g/mol. The third-order valence-electron chi connectivity index (χ3n) is 3.68. The van der Waals surface area contributed by atoms with Gasteiger partial charge in [-0.3, -0.25) is 4.90 Å². The number of ether oxygens (including phenoxy) is 1. The molecule has 5 heteroatoms. The molecule has 20 heavy (non-hydrogen) atoms. The molecule has 1 aliphatic heterocycles. The molecular weight excluding hydrogens is 270 g/mol. The van der Waals surface area contributed by atoms with Gasteiger partial charge in [-0.1, -0.05) is 0 Å². The second-order valence-corrected chi connectivity index (χ2v) is 6.56. The second kappa shape index (κ2) is 6.08. The van der Waals surface area contributed by atoms with Gasteiger partial charge in [-0.25, -0.2) is 4.98 Å². The average Bonchev–Trinajstić information content (AvgIpc) is 3.03. The van der Waals surface area contributed by atoms with Crippen LogP contribution in [0.15, 0.2) is 18.5 Å². The van der Waals surface area contributed by atoms with Crippen molar-refractivity contribution >= 4 is 11.3 Å². The number of thiophene rings is 1. The molecule has 2 aromatic heterocycles. The molecule has 0 amide bonds. The Kier molecular flexibility index (Phi) is 4.19. The van der Waals surface area contributed by atoms with Gasteiger partial charge in [0.25, 0.3) is 0 Å². The SMILES string of the molecule is CCOCc1ncn2c1CN(Cc1ccc(C)s1)CC2. The van der Waals surface area contributed by atoms with Gasteiger partial charge in [0.05, 0.1) is 24.3 Å². The molecule has 3 rings (SSSR count). The first-order valence-electron chi connectivity index (χ1n) is 7.14. The predicted octanol–water partition coefficient (Wildman–Crippen LogP) is 2.81. The van der Waals surface area contributed by atoms with E-state index in [-0.39, 0.29) is 0 Å². The lowest BCUT2D eigenvalue weighted by molar-refractivity contribution is 0.128. The quantitative estimate of drug-likeness (QED) is 0.848. The number of aromatic nitrogens is 2. The van der Waals surface area contributed by atoms with Gasteiger partial charge in [0.15, 0.2) is 0 Å². The Hall–Kier alpha value is -1.17. The largest absolute Gasteiger partial charge is 0.375 e. The summed E-state index contributed by atoms with van der Waals surface area (Å²) in [5, 5.41) is 0. The fourth-order valence-electron chi connectivity index (χ4n) is 2.61. The zero-order valence-corrected chi connectivity index (χ0v) is 12.9.